The molecule has 0 spiro atoms. The highest BCUT2D eigenvalue weighted by molar-refractivity contribution is 7.85. The summed E-state index contributed by atoms with van der Waals surface area (Å²) in [5.74, 6) is -1.62. The monoisotopic (exact) mass is 189 g/mol. The van der Waals surface area contributed by atoms with Crippen LogP contribution in [0.15, 0.2) is 11.1 Å². The van der Waals surface area contributed by atoms with Crippen LogP contribution in [0.5, 0.6) is 0 Å². The molecule has 5 heteroatoms. The van der Waals surface area contributed by atoms with Gasteiger partial charge in [-0.05, 0) is 6.92 Å². The number of esters is 1. The smallest absolute Gasteiger partial charge is 0.380 e. The standard InChI is InChI=1S/C7H11NO3S/c1-3-11-7(10)6(9)5(12)4-8-2/h4,8,12H,3H2,1-2H3/b5-4-. The first kappa shape index (κ1) is 11.0. The molecule has 68 valence electrons. The fourth-order valence-corrected chi connectivity index (χ4v) is 0.724. The Morgan fingerprint density at radius 1 is 1.58 bits per heavy atom. The molecule has 1 N–H and O–H groups in total. The Bertz CT molecular complexity index is 213. The highest BCUT2D eigenvalue weighted by atomic mass is 32.1. The van der Waals surface area contributed by atoms with Crippen LogP contribution >= 0.6 is 12.6 Å². The van der Waals surface area contributed by atoms with Gasteiger partial charge >= 0.3 is 5.97 Å². The second-order valence-electron chi connectivity index (χ2n) is 1.87. The molecular formula is C7H11NO3S. The first-order chi connectivity index (χ1) is 5.63. The number of carbonyl (C=O) groups is 2. The molecule has 0 aromatic rings. The van der Waals surface area contributed by atoms with E-state index in [-0.39, 0.29) is 11.5 Å². The summed E-state index contributed by atoms with van der Waals surface area (Å²) in [6.07, 6.45) is 1.32. The van der Waals surface area contributed by atoms with Crippen LogP contribution < -0.4 is 5.32 Å². The van der Waals surface area contributed by atoms with E-state index in [0.29, 0.717) is 0 Å². The lowest BCUT2D eigenvalue weighted by atomic mass is 10.4. The normalized spacial score (nSPS) is 10.8. The molecule has 0 radical (unpaired) electrons. The summed E-state index contributed by atoms with van der Waals surface area (Å²) in [6.45, 7) is 1.82. The molecule has 0 aliphatic rings. The molecule has 0 aliphatic carbocycles. The molecule has 0 bridgehead atoms. The number of nitrogens with one attached hydrogen (secondary N) is 1. The number of ether oxygens (including phenoxy) is 1. The van der Waals surface area contributed by atoms with E-state index in [1.54, 1.807) is 14.0 Å². The van der Waals surface area contributed by atoms with Crippen LogP contribution in [0.4, 0.5) is 0 Å². The van der Waals surface area contributed by atoms with Crippen molar-refractivity contribution in [2.24, 2.45) is 0 Å². The summed E-state index contributed by atoms with van der Waals surface area (Å²) in [5.41, 5.74) is 0. The molecule has 0 heterocycles. The van der Waals surface area contributed by atoms with E-state index in [9.17, 15) is 9.59 Å². The molecule has 0 saturated carbocycles. The second kappa shape index (κ2) is 5.65. The number of ketones is 1. The number of hydrogen-bond donors (Lipinski definition) is 2. The minimum Gasteiger partial charge on any atom is -0.460 e. The third-order valence-electron chi connectivity index (χ3n) is 0.975. The molecule has 4 nitrogen and oxygen atoms in total. The SMILES string of the molecule is CCOC(=O)C(=O)/C(S)=C/NC. The second-order valence-corrected chi connectivity index (χ2v) is 2.35. The summed E-state index contributed by atoms with van der Waals surface area (Å²) >= 11 is 3.79. The van der Waals surface area contributed by atoms with Crippen LogP contribution in [0.1, 0.15) is 6.92 Å². The molecule has 0 fully saturated rings. The summed E-state index contributed by atoms with van der Waals surface area (Å²) in [6, 6.07) is 0. The molecule has 12 heavy (non-hydrogen) atoms. The van der Waals surface area contributed by atoms with E-state index >= 15 is 0 Å². The minimum atomic E-state index is -0.881. The van der Waals surface area contributed by atoms with E-state index < -0.39 is 11.8 Å². The largest absolute Gasteiger partial charge is 0.460 e. The van der Waals surface area contributed by atoms with Gasteiger partial charge in [-0.2, -0.15) is 0 Å². The van der Waals surface area contributed by atoms with Crippen molar-refractivity contribution in [1.82, 2.24) is 5.32 Å². The zero-order valence-corrected chi connectivity index (χ0v) is 7.85. The van der Waals surface area contributed by atoms with Crippen molar-refractivity contribution in [3.05, 3.63) is 11.1 Å². The Balaban J connectivity index is 4.19. The van der Waals surface area contributed by atoms with Crippen molar-refractivity contribution in [1.29, 1.82) is 0 Å². The fraction of sp³-hybridized carbons (Fsp3) is 0.429. The molecule has 0 unspecified atom stereocenters. The molecule has 0 amide bonds. The number of hydrogen-bond acceptors (Lipinski definition) is 5. The van der Waals surface area contributed by atoms with Gasteiger partial charge in [0.1, 0.15) is 0 Å². The Labute approximate surface area is 76.4 Å². The lowest BCUT2D eigenvalue weighted by Crippen LogP contribution is -2.18. The Kier molecular flexibility index (Phi) is 5.19. The maximum atomic E-state index is 11.0. The lowest BCUT2D eigenvalue weighted by Gasteiger charge is -1.99. The molecule has 0 atom stereocenters. The van der Waals surface area contributed by atoms with Crippen molar-refractivity contribution >= 4 is 24.4 Å². The van der Waals surface area contributed by atoms with Gasteiger partial charge in [0.05, 0.1) is 11.5 Å². The van der Waals surface area contributed by atoms with E-state index in [4.69, 9.17) is 0 Å². The number of carbonyl (C=O) groups excluding carboxylic acids is 2. The summed E-state index contributed by atoms with van der Waals surface area (Å²) < 4.78 is 4.47. The summed E-state index contributed by atoms with van der Waals surface area (Å²) in [5, 5.41) is 2.58. The maximum Gasteiger partial charge on any atom is 0.380 e. The van der Waals surface area contributed by atoms with E-state index in [1.165, 1.54) is 6.20 Å². The first-order valence-corrected chi connectivity index (χ1v) is 3.86. The van der Waals surface area contributed by atoms with Crippen LogP contribution in [0, 0.1) is 0 Å². The number of thiol groups is 1. The predicted octanol–water partition coefficient (Wildman–Crippen LogP) is 0.109. The molecule has 0 rings (SSSR count). The van der Waals surface area contributed by atoms with Gasteiger partial charge < -0.3 is 10.1 Å². The quantitative estimate of drug-likeness (QED) is 0.285. The topological polar surface area (TPSA) is 55.4 Å². The van der Waals surface area contributed by atoms with Gasteiger partial charge in [-0.25, -0.2) is 4.79 Å². The summed E-state index contributed by atoms with van der Waals surface area (Å²) in [7, 11) is 1.61. The van der Waals surface area contributed by atoms with Crippen LogP contribution in [-0.2, 0) is 14.3 Å². The average Bonchev–Trinajstić information content (AvgIpc) is 2.04. The molecular weight excluding hydrogens is 178 g/mol. The highest BCUT2D eigenvalue weighted by Gasteiger charge is 2.16. The van der Waals surface area contributed by atoms with Crippen molar-refractivity contribution in [3.63, 3.8) is 0 Å². The first-order valence-electron chi connectivity index (χ1n) is 3.41. The zero-order chi connectivity index (χ0) is 9.56. The molecule has 0 aliphatic heterocycles. The molecule has 0 saturated heterocycles. The highest BCUT2D eigenvalue weighted by Crippen LogP contribution is 2.01. The van der Waals surface area contributed by atoms with Gasteiger partial charge in [-0.15, -0.1) is 12.6 Å². The van der Waals surface area contributed by atoms with Crippen LogP contribution in [0.2, 0.25) is 0 Å². The maximum absolute atomic E-state index is 11.0. The van der Waals surface area contributed by atoms with E-state index in [2.05, 4.69) is 22.7 Å². The lowest BCUT2D eigenvalue weighted by molar-refractivity contribution is -0.151. The van der Waals surface area contributed by atoms with Crippen molar-refractivity contribution in [3.8, 4) is 0 Å². The van der Waals surface area contributed by atoms with Crippen molar-refractivity contribution in [2.75, 3.05) is 13.7 Å². The Hall–Kier alpha value is -0.970. The van der Waals surface area contributed by atoms with Crippen LogP contribution in [0.25, 0.3) is 0 Å². The fourth-order valence-electron chi connectivity index (χ4n) is 0.503. The van der Waals surface area contributed by atoms with Gasteiger partial charge in [0.2, 0.25) is 0 Å². The van der Waals surface area contributed by atoms with Crippen molar-refractivity contribution in [2.45, 2.75) is 6.92 Å². The van der Waals surface area contributed by atoms with Crippen LogP contribution in [0.3, 0.4) is 0 Å². The van der Waals surface area contributed by atoms with Gasteiger partial charge in [0.25, 0.3) is 5.78 Å². The van der Waals surface area contributed by atoms with Gasteiger partial charge in [0.15, 0.2) is 0 Å². The van der Waals surface area contributed by atoms with Gasteiger partial charge in [-0.3, -0.25) is 4.79 Å². The molecule has 0 aromatic heterocycles. The Morgan fingerprint density at radius 2 is 2.17 bits per heavy atom. The van der Waals surface area contributed by atoms with Crippen molar-refractivity contribution < 1.29 is 14.3 Å². The number of Topliss-reactive ketones (excluding diaryl/α,β-unsaturated/α-hetero) is 1. The van der Waals surface area contributed by atoms with Gasteiger partial charge in [0, 0.05) is 13.2 Å². The Morgan fingerprint density at radius 3 is 2.58 bits per heavy atom. The predicted molar refractivity (Wildman–Crippen MR) is 47.8 cm³/mol. The minimum absolute atomic E-state index is 0.0379. The third kappa shape index (κ3) is 3.43. The van der Waals surface area contributed by atoms with Gasteiger partial charge in [-0.1, -0.05) is 0 Å². The van der Waals surface area contributed by atoms with E-state index in [0.717, 1.165) is 0 Å². The average molecular weight is 189 g/mol. The van der Waals surface area contributed by atoms with Crippen LogP contribution in [-0.4, -0.2) is 25.4 Å². The number of rotatable bonds is 4. The van der Waals surface area contributed by atoms with E-state index in [1.807, 2.05) is 0 Å². The molecule has 0 aromatic carbocycles. The third-order valence-corrected chi connectivity index (χ3v) is 1.31. The zero-order valence-electron chi connectivity index (χ0n) is 6.96. The summed E-state index contributed by atoms with van der Waals surface area (Å²) in [4.78, 5) is 21.8.